The predicted molar refractivity (Wildman–Crippen MR) is 114 cm³/mol. The van der Waals surface area contributed by atoms with Crippen LogP contribution in [-0.4, -0.2) is 28.8 Å². The fourth-order valence-corrected chi connectivity index (χ4v) is 3.35. The van der Waals surface area contributed by atoms with Gasteiger partial charge in [-0.25, -0.2) is 4.79 Å². The smallest absolute Gasteiger partial charge is 0.333 e. The van der Waals surface area contributed by atoms with E-state index in [4.69, 9.17) is 10.8 Å². The summed E-state index contributed by atoms with van der Waals surface area (Å²) in [5.74, 6) is -2.13. The minimum atomic E-state index is -1.34. The van der Waals surface area contributed by atoms with Crippen LogP contribution in [0.5, 0.6) is 0 Å². The summed E-state index contributed by atoms with van der Waals surface area (Å²) in [7, 11) is 0. The average Bonchev–Trinajstić information content (AvgIpc) is 3.22. The Hall–Kier alpha value is -3.65. The average molecular weight is 409 g/mol. The van der Waals surface area contributed by atoms with E-state index in [-0.39, 0.29) is 5.91 Å². The van der Waals surface area contributed by atoms with Crippen LogP contribution in [-0.2, 0) is 9.59 Å². The first kappa shape index (κ1) is 20.1. The van der Waals surface area contributed by atoms with E-state index >= 15 is 0 Å². The first-order valence-corrected chi connectivity index (χ1v) is 9.62. The minimum Gasteiger partial charge on any atom is -0.479 e. The van der Waals surface area contributed by atoms with Crippen LogP contribution in [0.1, 0.15) is 17.3 Å². The molecule has 0 fully saturated rings. The molecule has 1 atom stereocenters. The molecule has 148 valence electrons. The zero-order valence-electron chi connectivity index (χ0n) is 15.5. The molecule has 0 saturated heterocycles. The summed E-state index contributed by atoms with van der Waals surface area (Å²) < 4.78 is 0. The zero-order valence-corrected chi connectivity index (χ0v) is 16.3. The standard InChI is InChI=1S/C21H19N3O4S/c1-12(25)19(21(27)28)23-16-5-2-13(3-6-16)20(26)24-18-10-14(4-7-17(18)22)15-8-9-29-11-15/h2-11,19,23H,22H2,1H3,(H,24,26)(H,27,28). The van der Waals surface area contributed by atoms with Crippen molar-refractivity contribution in [1.29, 1.82) is 0 Å². The number of carboxylic acid groups (broad SMARTS) is 1. The Morgan fingerprint density at radius 3 is 2.34 bits per heavy atom. The lowest BCUT2D eigenvalue weighted by atomic mass is 10.1. The topological polar surface area (TPSA) is 122 Å². The molecule has 2 aromatic carbocycles. The second-order valence-electron chi connectivity index (χ2n) is 6.37. The molecule has 0 radical (unpaired) electrons. The molecule has 1 heterocycles. The van der Waals surface area contributed by atoms with Gasteiger partial charge in [-0.2, -0.15) is 11.3 Å². The van der Waals surface area contributed by atoms with E-state index < -0.39 is 17.8 Å². The molecule has 1 unspecified atom stereocenters. The molecule has 5 N–H and O–H groups in total. The van der Waals surface area contributed by atoms with Gasteiger partial charge in [0.25, 0.3) is 5.91 Å². The number of thiophene rings is 1. The van der Waals surface area contributed by atoms with Crippen molar-refractivity contribution in [3.63, 3.8) is 0 Å². The quantitative estimate of drug-likeness (QED) is 0.349. The lowest BCUT2D eigenvalue weighted by molar-refractivity contribution is -0.140. The maximum absolute atomic E-state index is 12.6. The van der Waals surface area contributed by atoms with Crippen molar-refractivity contribution in [3.05, 3.63) is 64.9 Å². The highest BCUT2D eigenvalue weighted by molar-refractivity contribution is 7.08. The number of nitrogens with two attached hydrogens (primary N) is 1. The molecular weight excluding hydrogens is 390 g/mol. The fourth-order valence-electron chi connectivity index (χ4n) is 2.69. The Labute approximate surface area is 171 Å². The SMILES string of the molecule is CC(=O)C(Nc1ccc(C(=O)Nc2cc(-c3ccsc3)ccc2N)cc1)C(=O)O. The van der Waals surface area contributed by atoms with E-state index in [0.29, 0.717) is 22.6 Å². The van der Waals surface area contributed by atoms with Crippen molar-refractivity contribution in [1.82, 2.24) is 0 Å². The third-order valence-electron chi connectivity index (χ3n) is 4.27. The normalized spacial score (nSPS) is 11.5. The number of carbonyl (C=O) groups is 3. The molecule has 0 aliphatic heterocycles. The molecule has 3 aromatic rings. The number of amides is 1. The highest BCUT2D eigenvalue weighted by atomic mass is 32.1. The highest BCUT2D eigenvalue weighted by Crippen LogP contribution is 2.29. The number of nitrogens with one attached hydrogen (secondary N) is 2. The molecular formula is C21H19N3O4S. The number of carboxylic acids is 1. The van der Waals surface area contributed by atoms with Crippen LogP contribution in [0.15, 0.2) is 59.3 Å². The first-order chi connectivity index (χ1) is 13.8. The monoisotopic (exact) mass is 409 g/mol. The summed E-state index contributed by atoms with van der Waals surface area (Å²) in [4.78, 5) is 35.1. The fraction of sp³-hybridized carbons (Fsp3) is 0.0952. The van der Waals surface area contributed by atoms with Gasteiger partial charge < -0.3 is 21.5 Å². The largest absolute Gasteiger partial charge is 0.479 e. The third-order valence-corrected chi connectivity index (χ3v) is 4.95. The number of Topliss-reactive ketones (excluding diaryl/α,β-unsaturated/α-hetero) is 1. The minimum absolute atomic E-state index is 0.355. The van der Waals surface area contributed by atoms with Crippen LogP contribution >= 0.6 is 11.3 Å². The van der Waals surface area contributed by atoms with Gasteiger partial charge in [0.15, 0.2) is 11.8 Å². The lowest BCUT2D eigenvalue weighted by Crippen LogP contribution is -2.35. The molecule has 29 heavy (non-hydrogen) atoms. The number of rotatable bonds is 7. The Balaban J connectivity index is 1.74. The molecule has 0 saturated carbocycles. The van der Waals surface area contributed by atoms with Gasteiger partial charge in [0.05, 0.1) is 11.4 Å². The number of nitrogen functional groups attached to an aromatic ring is 1. The molecule has 3 rings (SSSR count). The Kier molecular flexibility index (Phi) is 5.94. The van der Waals surface area contributed by atoms with E-state index in [2.05, 4.69) is 10.6 Å². The summed E-state index contributed by atoms with van der Waals surface area (Å²) in [5.41, 5.74) is 9.71. The van der Waals surface area contributed by atoms with Crippen molar-refractivity contribution in [3.8, 4) is 11.1 Å². The van der Waals surface area contributed by atoms with Crippen molar-refractivity contribution in [2.75, 3.05) is 16.4 Å². The van der Waals surface area contributed by atoms with Crippen LogP contribution in [0.4, 0.5) is 17.1 Å². The number of carbonyl (C=O) groups excluding carboxylic acids is 2. The number of aliphatic carboxylic acids is 1. The van der Waals surface area contributed by atoms with E-state index in [1.165, 1.54) is 19.1 Å². The van der Waals surface area contributed by atoms with Crippen molar-refractivity contribution in [2.24, 2.45) is 0 Å². The van der Waals surface area contributed by atoms with E-state index in [0.717, 1.165) is 11.1 Å². The maximum atomic E-state index is 12.6. The van der Waals surface area contributed by atoms with E-state index in [1.807, 2.05) is 29.0 Å². The summed E-state index contributed by atoms with van der Waals surface area (Å²) in [5, 5.41) is 18.5. The second-order valence-corrected chi connectivity index (χ2v) is 7.15. The van der Waals surface area contributed by atoms with Crippen LogP contribution in [0.2, 0.25) is 0 Å². The summed E-state index contributed by atoms with van der Waals surface area (Å²) in [6.07, 6.45) is 0. The van der Waals surface area contributed by atoms with Crippen LogP contribution in [0.3, 0.4) is 0 Å². The Bertz CT molecular complexity index is 1030. The van der Waals surface area contributed by atoms with Gasteiger partial charge in [0.2, 0.25) is 0 Å². The van der Waals surface area contributed by atoms with Gasteiger partial charge in [-0.05, 0) is 71.3 Å². The van der Waals surface area contributed by atoms with Crippen LogP contribution in [0, 0.1) is 0 Å². The summed E-state index contributed by atoms with van der Waals surface area (Å²) >= 11 is 1.58. The van der Waals surface area contributed by atoms with Gasteiger partial charge >= 0.3 is 5.97 Å². The molecule has 8 heteroatoms. The predicted octanol–water partition coefficient (Wildman–Crippen LogP) is 3.70. The van der Waals surface area contributed by atoms with Gasteiger partial charge in [-0.3, -0.25) is 9.59 Å². The van der Waals surface area contributed by atoms with E-state index in [9.17, 15) is 14.4 Å². The maximum Gasteiger partial charge on any atom is 0.333 e. The number of hydrogen-bond acceptors (Lipinski definition) is 6. The van der Waals surface area contributed by atoms with Crippen molar-refractivity contribution < 1.29 is 19.5 Å². The molecule has 1 aromatic heterocycles. The highest BCUT2D eigenvalue weighted by Gasteiger charge is 2.22. The van der Waals surface area contributed by atoms with Crippen LogP contribution < -0.4 is 16.4 Å². The molecule has 0 aliphatic rings. The zero-order chi connectivity index (χ0) is 21.0. The number of ketones is 1. The molecule has 0 spiro atoms. The van der Waals surface area contributed by atoms with Gasteiger partial charge in [0, 0.05) is 11.3 Å². The van der Waals surface area contributed by atoms with E-state index in [1.54, 1.807) is 29.5 Å². The third kappa shape index (κ3) is 4.80. The Morgan fingerprint density at radius 2 is 1.76 bits per heavy atom. The summed E-state index contributed by atoms with van der Waals surface area (Å²) in [6.45, 7) is 1.20. The number of anilines is 3. The van der Waals surface area contributed by atoms with Gasteiger partial charge in [-0.1, -0.05) is 6.07 Å². The second kappa shape index (κ2) is 8.57. The van der Waals surface area contributed by atoms with Gasteiger partial charge in [-0.15, -0.1) is 0 Å². The Morgan fingerprint density at radius 1 is 1.03 bits per heavy atom. The summed E-state index contributed by atoms with van der Waals surface area (Å²) in [6, 6.07) is 12.2. The molecule has 0 bridgehead atoms. The molecule has 1 amide bonds. The van der Waals surface area contributed by atoms with Crippen molar-refractivity contribution in [2.45, 2.75) is 13.0 Å². The molecule has 7 nitrogen and oxygen atoms in total. The lowest BCUT2D eigenvalue weighted by Gasteiger charge is -2.13. The molecule has 0 aliphatic carbocycles. The number of hydrogen-bond donors (Lipinski definition) is 4. The first-order valence-electron chi connectivity index (χ1n) is 8.68. The van der Waals surface area contributed by atoms with Crippen molar-refractivity contribution >= 4 is 46.1 Å². The number of benzene rings is 2. The van der Waals surface area contributed by atoms with Gasteiger partial charge in [0.1, 0.15) is 0 Å². The van der Waals surface area contributed by atoms with Crippen LogP contribution in [0.25, 0.3) is 11.1 Å².